The number of methoxy groups -OCH3 is 1. The fraction of sp³-hybridized carbons (Fsp3) is 0.516. The van der Waals surface area contributed by atoms with Gasteiger partial charge in [-0.2, -0.15) is 4.80 Å². The SMILES string of the molecule is COc1ccc(-c2nnn(CC(=O)N(c3ccc(C4CCCCC4)cc3)[C@H](C)C(=O)NC3CCCCC3)n2)cc1. The summed E-state index contributed by atoms with van der Waals surface area (Å²) >= 11 is 0. The molecule has 0 saturated heterocycles. The van der Waals surface area contributed by atoms with Gasteiger partial charge < -0.3 is 10.1 Å². The molecule has 0 bridgehead atoms. The van der Waals surface area contributed by atoms with E-state index >= 15 is 0 Å². The monoisotopic (exact) mass is 544 g/mol. The molecule has 3 aromatic rings. The summed E-state index contributed by atoms with van der Waals surface area (Å²) in [7, 11) is 1.61. The van der Waals surface area contributed by atoms with Crippen LogP contribution in [0.4, 0.5) is 5.69 Å². The van der Waals surface area contributed by atoms with E-state index < -0.39 is 6.04 Å². The van der Waals surface area contributed by atoms with Crippen LogP contribution in [0.1, 0.15) is 82.6 Å². The van der Waals surface area contributed by atoms with Gasteiger partial charge in [0.05, 0.1) is 7.11 Å². The third-order valence-corrected chi connectivity index (χ3v) is 8.31. The zero-order valence-electron chi connectivity index (χ0n) is 23.6. The van der Waals surface area contributed by atoms with E-state index in [2.05, 4.69) is 32.9 Å². The summed E-state index contributed by atoms with van der Waals surface area (Å²) in [6.07, 6.45) is 11.7. The van der Waals surface area contributed by atoms with Crippen LogP contribution >= 0.6 is 0 Å². The number of hydrogen-bond acceptors (Lipinski definition) is 6. The van der Waals surface area contributed by atoms with E-state index in [0.717, 1.165) is 37.0 Å². The molecule has 2 saturated carbocycles. The predicted octanol–water partition coefficient (Wildman–Crippen LogP) is 5.27. The maximum absolute atomic E-state index is 13.8. The van der Waals surface area contributed by atoms with Crippen LogP contribution in [0.5, 0.6) is 5.75 Å². The number of aromatic nitrogens is 4. The normalized spacial score (nSPS) is 17.2. The fourth-order valence-corrected chi connectivity index (χ4v) is 5.98. The highest BCUT2D eigenvalue weighted by Gasteiger charge is 2.30. The summed E-state index contributed by atoms with van der Waals surface area (Å²) < 4.78 is 5.22. The van der Waals surface area contributed by atoms with Crippen molar-refractivity contribution < 1.29 is 14.3 Å². The van der Waals surface area contributed by atoms with Crippen LogP contribution in [-0.4, -0.2) is 51.2 Å². The highest BCUT2D eigenvalue weighted by atomic mass is 16.5. The summed E-state index contributed by atoms with van der Waals surface area (Å²) in [6, 6.07) is 15.0. The maximum atomic E-state index is 13.8. The number of anilines is 1. The van der Waals surface area contributed by atoms with Gasteiger partial charge in [-0.1, -0.05) is 50.7 Å². The van der Waals surface area contributed by atoms with E-state index in [9.17, 15) is 9.59 Å². The molecule has 5 rings (SSSR count). The Morgan fingerprint density at radius 1 is 0.950 bits per heavy atom. The van der Waals surface area contributed by atoms with E-state index in [1.54, 1.807) is 18.9 Å². The maximum Gasteiger partial charge on any atom is 0.251 e. The first-order valence-corrected chi connectivity index (χ1v) is 14.7. The standard InChI is InChI=1S/C31H40N6O3/c1-22(31(39)32-26-11-7-4-8-12-26)37(27-17-13-24(14-18-27)23-9-5-3-6-10-23)29(38)21-36-34-30(33-35-36)25-15-19-28(40-2)20-16-25/h13-20,22-23,26H,3-12,21H2,1-2H3,(H,32,39)/t22-/m1/s1. The number of amides is 2. The molecule has 2 aromatic carbocycles. The number of hydrogen-bond donors (Lipinski definition) is 1. The van der Waals surface area contributed by atoms with Gasteiger partial charge in [-0.3, -0.25) is 14.5 Å². The Hall–Kier alpha value is -3.75. The van der Waals surface area contributed by atoms with Gasteiger partial charge in [-0.05, 0) is 85.7 Å². The number of rotatable bonds is 9. The average molecular weight is 545 g/mol. The fourth-order valence-electron chi connectivity index (χ4n) is 5.98. The molecule has 1 atom stereocenters. The molecule has 1 heterocycles. The molecular weight excluding hydrogens is 504 g/mol. The highest BCUT2D eigenvalue weighted by Crippen LogP contribution is 2.33. The summed E-state index contributed by atoms with van der Waals surface area (Å²) in [5.74, 6) is 1.31. The molecule has 40 heavy (non-hydrogen) atoms. The minimum absolute atomic E-state index is 0.130. The number of carbonyl (C=O) groups is 2. The number of benzene rings is 2. The Morgan fingerprint density at radius 3 is 2.25 bits per heavy atom. The molecular formula is C31H40N6O3. The first kappa shape index (κ1) is 27.8. The van der Waals surface area contributed by atoms with E-state index in [4.69, 9.17) is 4.74 Å². The van der Waals surface area contributed by atoms with Crippen molar-refractivity contribution in [1.29, 1.82) is 0 Å². The molecule has 0 radical (unpaired) electrons. The highest BCUT2D eigenvalue weighted by molar-refractivity contribution is 6.00. The predicted molar refractivity (Wildman–Crippen MR) is 154 cm³/mol. The largest absolute Gasteiger partial charge is 0.497 e. The van der Waals surface area contributed by atoms with E-state index in [-0.39, 0.29) is 24.4 Å². The molecule has 2 aliphatic carbocycles. The molecule has 0 aliphatic heterocycles. The molecule has 1 N–H and O–H groups in total. The molecule has 212 valence electrons. The minimum atomic E-state index is -0.681. The van der Waals surface area contributed by atoms with Crippen LogP contribution in [-0.2, 0) is 16.1 Å². The first-order chi connectivity index (χ1) is 19.5. The second-order valence-corrected chi connectivity index (χ2v) is 11.1. The van der Waals surface area contributed by atoms with E-state index in [1.165, 1.54) is 48.9 Å². The van der Waals surface area contributed by atoms with E-state index in [0.29, 0.717) is 17.4 Å². The van der Waals surface area contributed by atoms with Crippen molar-refractivity contribution in [2.45, 2.75) is 95.7 Å². The lowest BCUT2D eigenvalue weighted by Gasteiger charge is -2.31. The molecule has 9 nitrogen and oxygen atoms in total. The van der Waals surface area contributed by atoms with Gasteiger partial charge in [0.25, 0.3) is 5.91 Å². The average Bonchev–Trinajstić information content (AvgIpc) is 3.47. The van der Waals surface area contributed by atoms with Gasteiger partial charge in [0, 0.05) is 17.3 Å². The molecule has 0 spiro atoms. The van der Waals surface area contributed by atoms with Gasteiger partial charge in [0.1, 0.15) is 18.3 Å². The third kappa shape index (κ3) is 6.69. The molecule has 1 aromatic heterocycles. The lowest BCUT2D eigenvalue weighted by Crippen LogP contribution is -2.51. The van der Waals surface area contributed by atoms with Crippen molar-refractivity contribution in [3.8, 4) is 17.1 Å². The summed E-state index contributed by atoms with van der Waals surface area (Å²) in [5, 5.41) is 15.9. The Kier molecular flexibility index (Phi) is 9.08. The Bertz CT molecular complexity index is 1260. The van der Waals surface area contributed by atoms with Crippen LogP contribution in [0.3, 0.4) is 0 Å². The topological polar surface area (TPSA) is 102 Å². The van der Waals surface area contributed by atoms with Gasteiger partial charge in [0.2, 0.25) is 11.7 Å². The minimum Gasteiger partial charge on any atom is -0.497 e. The molecule has 9 heteroatoms. The van der Waals surface area contributed by atoms with Crippen molar-refractivity contribution in [2.24, 2.45) is 0 Å². The summed E-state index contributed by atoms with van der Waals surface area (Å²) in [4.78, 5) is 30.0. The van der Waals surface area contributed by atoms with Gasteiger partial charge in [-0.25, -0.2) is 0 Å². The van der Waals surface area contributed by atoms with Crippen LogP contribution in [0.2, 0.25) is 0 Å². The van der Waals surface area contributed by atoms with Gasteiger partial charge in [-0.15, -0.1) is 10.2 Å². The number of nitrogens with one attached hydrogen (secondary N) is 1. The zero-order chi connectivity index (χ0) is 27.9. The van der Waals surface area contributed by atoms with Crippen molar-refractivity contribution in [3.05, 3.63) is 54.1 Å². The Labute approximate surface area is 236 Å². The molecule has 2 fully saturated rings. The van der Waals surface area contributed by atoms with E-state index in [1.807, 2.05) is 36.4 Å². The van der Waals surface area contributed by atoms with Crippen molar-refractivity contribution in [2.75, 3.05) is 12.0 Å². The number of carbonyl (C=O) groups excluding carboxylic acids is 2. The first-order valence-electron chi connectivity index (χ1n) is 14.7. The van der Waals surface area contributed by atoms with Gasteiger partial charge >= 0.3 is 0 Å². The summed E-state index contributed by atoms with van der Waals surface area (Å²) in [6.45, 7) is 1.66. The molecule has 2 aliphatic rings. The van der Waals surface area contributed by atoms with Gasteiger partial charge in [0.15, 0.2) is 0 Å². The second kappa shape index (κ2) is 13.1. The van der Waals surface area contributed by atoms with Crippen LogP contribution in [0, 0.1) is 0 Å². The van der Waals surface area contributed by atoms with Crippen molar-refractivity contribution >= 4 is 17.5 Å². The lowest BCUT2D eigenvalue weighted by atomic mass is 9.84. The van der Waals surface area contributed by atoms with Crippen molar-refractivity contribution in [3.63, 3.8) is 0 Å². The Balaban J connectivity index is 1.34. The third-order valence-electron chi connectivity index (χ3n) is 8.31. The smallest absolute Gasteiger partial charge is 0.251 e. The zero-order valence-corrected chi connectivity index (χ0v) is 23.6. The molecule has 2 amide bonds. The Morgan fingerprint density at radius 2 is 1.60 bits per heavy atom. The summed E-state index contributed by atoms with van der Waals surface area (Å²) in [5.41, 5.74) is 2.78. The van der Waals surface area contributed by atoms with Crippen LogP contribution < -0.4 is 15.0 Å². The number of nitrogens with zero attached hydrogens (tertiary/aromatic N) is 5. The number of ether oxygens (including phenoxy) is 1. The lowest BCUT2D eigenvalue weighted by molar-refractivity contribution is -0.127. The molecule has 0 unspecified atom stereocenters. The number of tetrazole rings is 1. The second-order valence-electron chi connectivity index (χ2n) is 11.1. The van der Waals surface area contributed by atoms with Crippen LogP contribution in [0.25, 0.3) is 11.4 Å². The van der Waals surface area contributed by atoms with Crippen molar-refractivity contribution in [1.82, 2.24) is 25.5 Å². The van der Waals surface area contributed by atoms with Crippen LogP contribution in [0.15, 0.2) is 48.5 Å². The quantitative estimate of drug-likeness (QED) is 0.394.